The van der Waals surface area contributed by atoms with Crippen molar-refractivity contribution in [3.8, 4) is 0 Å². The average molecular weight is 264 g/mol. The van der Waals surface area contributed by atoms with E-state index in [4.69, 9.17) is 5.73 Å². The molecule has 19 heavy (non-hydrogen) atoms. The summed E-state index contributed by atoms with van der Waals surface area (Å²) in [4.78, 5) is 18.6. The maximum Gasteiger partial charge on any atom is 0.293 e. The first-order valence-corrected chi connectivity index (χ1v) is 7.19. The molecular weight excluding hydrogens is 240 g/mol. The molecule has 1 aromatic rings. The summed E-state index contributed by atoms with van der Waals surface area (Å²) in [5.74, 6) is 0.526. The van der Waals surface area contributed by atoms with Crippen LogP contribution in [0.3, 0.4) is 0 Å². The van der Waals surface area contributed by atoms with Crippen LogP contribution in [0.2, 0.25) is 0 Å². The number of likely N-dealkylation sites (N-methyl/N-ethyl adjacent to an activating group) is 1. The van der Waals surface area contributed by atoms with Crippen LogP contribution in [0.25, 0.3) is 0 Å². The Bertz CT molecular complexity index is 471. The molecule has 5 nitrogen and oxygen atoms in total. The number of aryl methyl sites for hydroxylation is 1. The molecule has 1 aromatic heterocycles. The molecule has 1 fully saturated rings. The average Bonchev–Trinajstić information content (AvgIpc) is 2.41. The lowest BCUT2D eigenvalue weighted by Gasteiger charge is -2.36. The topological polar surface area (TPSA) is 64.2 Å². The number of nitrogens with zero attached hydrogens (tertiary/aromatic N) is 3. The molecule has 0 amide bonds. The van der Waals surface area contributed by atoms with E-state index in [0.717, 1.165) is 25.8 Å². The molecule has 0 aliphatic heterocycles. The van der Waals surface area contributed by atoms with E-state index in [1.807, 2.05) is 11.9 Å². The minimum absolute atomic E-state index is 0.00961. The van der Waals surface area contributed by atoms with Crippen LogP contribution < -0.4 is 16.2 Å². The summed E-state index contributed by atoms with van der Waals surface area (Å²) in [6.07, 6.45) is 8.84. The predicted octanol–water partition coefficient (Wildman–Crippen LogP) is 1.36. The molecule has 0 spiro atoms. The van der Waals surface area contributed by atoms with Crippen LogP contribution in [0.5, 0.6) is 0 Å². The zero-order chi connectivity index (χ0) is 13.8. The smallest absolute Gasteiger partial charge is 0.293 e. The first-order chi connectivity index (χ1) is 9.15. The molecule has 0 radical (unpaired) electrons. The Morgan fingerprint density at radius 3 is 2.89 bits per heavy atom. The highest BCUT2D eigenvalue weighted by molar-refractivity contribution is 5.36. The van der Waals surface area contributed by atoms with Gasteiger partial charge >= 0.3 is 0 Å². The van der Waals surface area contributed by atoms with Crippen LogP contribution >= 0.6 is 0 Å². The monoisotopic (exact) mass is 264 g/mol. The van der Waals surface area contributed by atoms with Gasteiger partial charge in [-0.25, -0.2) is 4.98 Å². The summed E-state index contributed by atoms with van der Waals surface area (Å²) in [7, 11) is 1.94. The fraction of sp³-hybridized carbons (Fsp3) is 0.714. The summed E-state index contributed by atoms with van der Waals surface area (Å²) in [5, 5.41) is 0. The lowest BCUT2D eigenvalue weighted by Crippen LogP contribution is -2.50. The second-order valence-electron chi connectivity index (χ2n) is 5.38. The summed E-state index contributed by atoms with van der Waals surface area (Å²) in [6.45, 7) is 2.80. The van der Waals surface area contributed by atoms with Crippen molar-refractivity contribution in [3.63, 3.8) is 0 Å². The Balaban J connectivity index is 2.25. The predicted molar refractivity (Wildman–Crippen MR) is 77.4 cm³/mol. The third kappa shape index (κ3) is 2.97. The minimum atomic E-state index is -0.00961. The van der Waals surface area contributed by atoms with Gasteiger partial charge in [-0.2, -0.15) is 0 Å². The zero-order valence-electron chi connectivity index (χ0n) is 11.9. The van der Waals surface area contributed by atoms with Crippen LogP contribution in [-0.4, -0.2) is 28.7 Å². The molecule has 2 atom stereocenters. The van der Waals surface area contributed by atoms with E-state index in [1.165, 1.54) is 12.8 Å². The maximum absolute atomic E-state index is 12.4. The SMILES string of the molecule is CCCn1ccnc(N(C)C2CCCCC2N)c1=O. The largest absolute Gasteiger partial charge is 0.351 e. The van der Waals surface area contributed by atoms with Crippen molar-refractivity contribution < 1.29 is 0 Å². The normalized spacial score (nSPS) is 23.3. The summed E-state index contributed by atoms with van der Waals surface area (Å²) in [5.41, 5.74) is 6.18. The van der Waals surface area contributed by atoms with Crippen molar-refractivity contribution in [1.29, 1.82) is 0 Å². The summed E-state index contributed by atoms with van der Waals surface area (Å²) >= 11 is 0. The van der Waals surface area contributed by atoms with Gasteiger partial charge in [0, 0.05) is 38.1 Å². The van der Waals surface area contributed by atoms with Crippen molar-refractivity contribution in [1.82, 2.24) is 9.55 Å². The Morgan fingerprint density at radius 1 is 1.47 bits per heavy atom. The van der Waals surface area contributed by atoms with Gasteiger partial charge in [0.25, 0.3) is 5.56 Å². The molecule has 5 heteroatoms. The summed E-state index contributed by atoms with van der Waals surface area (Å²) < 4.78 is 1.73. The first-order valence-electron chi connectivity index (χ1n) is 7.19. The second kappa shape index (κ2) is 6.19. The third-order valence-corrected chi connectivity index (χ3v) is 3.97. The van der Waals surface area contributed by atoms with E-state index < -0.39 is 0 Å². The minimum Gasteiger partial charge on any atom is -0.351 e. The van der Waals surface area contributed by atoms with Crippen molar-refractivity contribution in [2.75, 3.05) is 11.9 Å². The standard InChI is InChI=1S/C14H24N4O/c1-3-9-18-10-8-16-13(14(18)19)17(2)12-7-5-4-6-11(12)15/h8,10-12H,3-7,9,15H2,1-2H3. The molecule has 1 heterocycles. The highest BCUT2D eigenvalue weighted by atomic mass is 16.1. The van der Waals surface area contributed by atoms with E-state index in [2.05, 4.69) is 11.9 Å². The molecular formula is C14H24N4O. The van der Waals surface area contributed by atoms with Gasteiger partial charge in [-0.1, -0.05) is 19.8 Å². The van der Waals surface area contributed by atoms with Gasteiger partial charge in [-0.15, -0.1) is 0 Å². The van der Waals surface area contributed by atoms with Crippen LogP contribution in [0, 0.1) is 0 Å². The van der Waals surface area contributed by atoms with Gasteiger partial charge in [0.1, 0.15) is 0 Å². The number of hydrogen-bond donors (Lipinski definition) is 1. The Labute approximate surface area is 114 Å². The van der Waals surface area contributed by atoms with E-state index in [-0.39, 0.29) is 17.6 Å². The third-order valence-electron chi connectivity index (χ3n) is 3.97. The Morgan fingerprint density at radius 2 is 2.21 bits per heavy atom. The number of anilines is 1. The van der Waals surface area contributed by atoms with E-state index >= 15 is 0 Å². The fourth-order valence-electron chi connectivity index (χ4n) is 2.87. The van der Waals surface area contributed by atoms with Crippen LogP contribution in [-0.2, 0) is 6.54 Å². The Hall–Kier alpha value is -1.36. The zero-order valence-corrected chi connectivity index (χ0v) is 11.9. The number of nitrogens with two attached hydrogens (primary N) is 1. The number of rotatable bonds is 4. The van der Waals surface area contributed by atoms with Gasteiger partial charge in [-0.05, 0) is 19.3 Å². The first kappa shape index (κ1) is 14.1. The molecule has 2 N–H and O–H groups in total. The lowest BCUT2D eigenvalue weighted by atomic mass is 9.90. The lowest BCUT2D eigenvalue weighted by molar-refractivity contribution is 0.371. The maximum atomic E-state index is 12.4. The highest BCUT2D eigenvalue weighted by Gasteiger charge is 2.27. The van der Waals surface area contributed by atoms with Gasteiger partial charge in [-0.3, -0.25) is 4.79 Å². The van der Waals surface area contributed by atoms with Gasteiger partial charge in [0.2, 0.25) is 0 Å². The van der Waals surface area contributed by atoms with Crippen molar-refractivity contribution in [2.45, 2.75) is 57.7 Å². The molecule has 0 aromatic carbocycles. The molecule has 0 bridgehead atoms. The van der Waals surface area contributed by atoms with Gasteiger partial charge in [0.15, 0.2) is 5.82 Å². The quantitative estimate of drug-likeness (QED) is 0.892. The van der Waals surface area contributed by atoms with E-state index in [0.29, 0.717) is 5.82 Å². The summed E-state index contributed by atoms with van der Waals surface area (Å²) in [6, 6.07) is 0.367. The van der Waals surface area contributed by atoms with Gasteiger partial charge in [0.05, 0.1) is 0 Å². The molecule has 2 unspecified atom stereocenters. The van der Waals surface area contributed by atoms with Crippen molar-refractivity contribution in [3.05, 3.63) is 22.7 Å². The molecule has 106 valence electrons. The van der Waals surface area contributed by atoms with E-state index in [9.17, 15) is 4.79 Å². The fourth-order valence-corrected chi connectivity index (χ4v) is 2.87. The van der Waals surface area contributed by atoms with Crippen LogP contribution in [0.4, 0.5) is 5.82 Å². The second-order valence-corrected chi connectivity index (χ2v) is 5.38. The van der Waals surface area contributed by atoms with E-state index in [1.54, 1.807) is 17.0 Å². The van der Waals surface area contributed by atoms with Crippen molar-refractivity contribution >= 4 is 5.82 Å². The van der Waals surface area contributed by atoms with Crippen molar-refractivity contribution in [2.24, 2.45) is 5.73 Å². The molecule has 0 saturated heterocycles. The molecule has 1 aliphatic rings. The van der Waals surface area contributed by atoms with Gasteiger partial charge < -0.3 is 15.2 Å². The van der Waals surface area contributed by atoms with Crippen LogP contribution in [0.1, 0.15) is 39.0 Å². The number of hydrogen-bond acceptors (Lipinski definition) is 4. The van der Waals surface area contributed by atoms with Crippen LogP contribution in [0.15, 0.2) is 17.2 Å². The number of aromatic nitrogens is 2. The molecule has 1 saturated carbocycles. The highest BCUT2D eigenvalue weighted by Crippen LogP contribution is 2.22. The Kier molecular flexibility index (Phi) is 4.58. The molecule has 2 rings (SSSR count). The molecule has 1 aliphatic carbocycles.